The molecule has 170 valence electrons. The van der Waals surface area contributed by atoms with Crippen LogP contribution in [0.2, 0.25) is 0 Å². The molecule has 7 heteroatoms. The average Bonchev–Trinajstić information content (AvgIpc) is 3.21. The van der Waals surface area contributed by atoms with Gasteiger partial charge in [-0.3, -0.25) is 9.59 Å². The summed E-state index contributed by atoms with van der Waals surface area (Å²) < 4.78 is 0. The van der Waals surface area contributed by atoms with Crippen LogP contribution in [0.4, 0.5) is 5.69 Å². The van der Waals surface area contributed by atoms with Crippen molar-refractivity contribution in [3.63, 3.8) is 0 Å². The summed E-state index contributed by atoms with van der Waals surface area (Å²) in [5, 5.41) is 3.45. The fourth-order valence-corrected chi connectivity index (χ4v) is 5.70. The van der Waals surface area contributed by atoms with E-state index in [-0.39, 0.29) is 23.1 Å². The Morgan fingerprint density at radius 3 is 2.58 bits per heavy atom. The van der Waals surface area contributed by atoms with Crippen LogP contribution in [0.25, 0.3) is 0 Å². The standard InChI is InChI=1S/C26H28N4O2S/c1-2-21(24(31)27-18-13-7-4-8-14-18)33-26-28-20-16-10-9-15-19(20)23-29-22(25(32)30(23)26)17-11-5-3-6-12-17/h3,5-6,9-12,15-16,18,21-22H,2,4,7-8,13-14H2,1H3,(H,27,31). The molecule has 5 rings (SSSR count). The molecule has 3 aliphatic rings. The van der Waals surface area contributed by atoms with Gasteiger partial charge in [-0.15, -0.1) is 0 Å². The summed E-state index contributed by atoms with van der Waals surface area (Å²) in [6.07, 6.45) is 6.32. The van der Waals surface area contributed by atoms with Gasteiger partial charge in [0.2, 0.25) is 5.91 Å². The molecule has 2 atom stereocenters. The summed E-state index contributed by atoms with van der Waals surface area (Å²) in [4.78, 5) is 37.9. The second-order valence-electron chi connectivity index (χ2n) is 8.71. The maximum absolute atomic E-state index is 13.5. The molecule has 0 spiro atoms. The number of rotatable bonds is 5. The van der Waals surface area contributed by atoms with E-state index in [1.165, 1.54) is 31.0 Å². The minimum atomic E-state index is -0.603. The van der Waals surface area contributed by atoms with Gasteiger partial charge >= 0.3 is 0 Å². The largest absolute Gasteiger partial charge is 0.352 e. The Morgan fingerprint density at radius 2 is 1.82 bits per heavy atom. The maximum Gasteiger partial charge on any atom is 0.263 e. The van der Waals surface area contributed by atoms with Crippen molar-refractivity contribution in [1.29, 1.82) is 0 Å². The molecule has 2 amide bonds. The molecule has 33 heavy (non-hydrogen) atoms. The summed E-state index contributed by atoms with van der Waals surface area (Å²) in [6.45, 7) is 2.00. The quantitative estimate of drug-likeness (QED) is 0.684. The molecule has 1 saturated carbocycles. The summed E-state index contributed by atoms with van der Waals surface area (Å²) in [5.74, 6) is 0.518. The van der Waals surface area contributed by atoms with Crippen molar-refractivity contribution in [3.05, 3.63) is 65.7 Å². The van der Waals surface area contributed by atoms with Gasteiger partial charge in [-0.2, -0.15) is 0 Å². The Kier molecular flexibility index (Phi) is 6.31. The number of nitrogens with zero attached hydrogens (tertiary/aromatic N) is 3. The Bertz CT molecular complexity index is 1110. The fourth-order valence-electron chi connectivity index (χ4n) is 4.67. The van der Waals surface area contributed by atoms with Crippen molar-refractivity contribution >= 4 is 40.3 Å². The molecule has 0 aromatic heterocycles. The number of hydrogen-bond acceptors (Lipinski definition) is 5. The van der Waals surface area contributed by atoms with E-state index >= 15 is 0 Å². The van der Waals surface area contributed by atoms with Crippen LogP contribution >= 0.6 is 11.8 Å². The predicted molar refractivity (Wildman–Crippen MR) is 133 cm³/mol. The highest BCUT2D eigenvalue weighted by Crippen LogP contribution is 2.38. The minimum Gasteiger partial charge on any atom is -0.352 e. The number of amidine groups is 2. The van der Waals surface area contributed by atoms with Gasteiger partial charge in [0, 0.05) is 11.6 Å². The summed E-state index contributed by atoms with van der Waals surface area (Å²) in [7, 11) is 0. The summed E-state index contributed by atoms with van der Waals surface area (Å²) in [6, 6.07) is 17.0. The van der Waals surface area contributed by atoms with Gasteiger partial charge in [0.05, 0.1) is 10.9 Å². The molecule has 1 fully saturated rings. The molecule has 2 aliphatic heterocycles. The second-order valence-corrected chi connectivity index (χ2v) is 9.88. The van der Waals surface area contributed by atoms with Crippen LogP contribution in [0.15, 0.2) is 64.6 Å². The molecule has 1 N–H and O–H groups in total. The Balaban J connectivity index is 1.43. The third-order valence-corrected chi connectivity index (χ3v) is 7.76. The average molecular weight is 461 g/mol. The number of nitrogens with one attached hydrogen (secondary N) is 1. The van der Waals surface area contributed by atoms with Crippen molar-refractivity contribution in [2.24, 2.45) is 9.98 Å². The Labute approximate surface area is 198 Å². The van der Waals surface area contributed by atoms with Crippen molar-refractivity contribution in [2.75, 3.05) is 0 Å². The van der Waals surface area contributed by atoms with E-state index in [0.29, 0.717) is 17.4 Å². The topological polar surface area (TPSA) is 74.1 Å². The van der Waals surface area contributed by atoms with Gasteiger partial charge in [-0.05, 0) is 37.0 Å². The lowest BCUT2D eigenvalue weighted by Gasteiger charge is -2.29. The number of carbonyl (C=O) groups is 2. The summed E-state index contributed by atoms with van der Waals surface area (Å²) >= 11 is 1.37. The third kappa shape index (κ3) is 4.34. The zero-order valence-electron chi connectivity index (χ0n) is 18.7. The highest BCUT2D eigenvalue weighted by molar-refractivity contribution is 8.15. The van der Waals surface area contributed by atoms with Gasteiger partial charge < -0.3 is 5.32 Å². The number of aliphatic imine (C=N–C) groups is 2. The first-order valence-corrected chi connectivity index (χ1v) is 12.7. The van der Waals surface area contributed by atoms with E-state index in [9.17, 15) is 9.59 Å². The van der Waals surface area contributed by atoms with Gasteiger partial charge in [-0.25, -0.2) is 14.9 Å². The zero-order chi connectivity index (χ0) is 22.8. The number of hydrogen-bond donors (Lipinski definition) is 1. The normalized spacial score (nSPS) is 21.1. The summed E-state index contributed by atoms with van der Waals surface area (Å²) in [5.41, 5.74) is 2.47. The molecule has 2 heterocycles. The smallest absolute Gasteiger partial charge is 0.263 e. The fraction of sp³-hybridized carbons (Fsp3) is 0.385. The van der Waals surface area contributed by atoms with E-state index in [1.54, 1.807) is 4.90 Å². The lowest BCUT2D eigenvalue weighted by Crippen LogP contribution is -2.44. The molecule has 1 aliphatic carbocycles. The third-order valence-electron chi connectivity index (χ3n) is 6.45. The number of benzene rings is 2. The molecule has 0 bridgehead atoms. The van der Waals surface area contributed by atoms with Crippen molar-refractivity contribution in [3.8, 4) is 0 Å². The van der Waals surface area contributed by atoms with Crippen LogP contribution in [-0.4, -0.2) is 39.0 Å². The monoisotopic (exact) mass is 460 g/mol. The van der Waals surface area contributed by atoms with Gasteiger partial charge in [0.15, 0.2) is 11.2 Å². The van der Waals surface area contributed by atoms with Gasteiger partial charge in [0.25, 0.3) is 5.91 Å². The number of amides is 2. The maximum atomic E-state index is 13.5. The van der Waals surface area contributed by atoms with Crippen LogP contribution in [-0.2, 0) is 9.59 Å². The van der Waals surface area contributed by atoms with Crippen LogP contribution in [0, 0.1) is 0 Å². The first-order valence-electron chi connectivity index (χ1n) is 11.8. The van der Waals surface area contributed by atoms with Crippen molar-refractivity contribution < 1.29 is 9.59 Å². The van der Waals surface area contributed by atoms with Crippen LogP contribution < -0.4 is 5.32 Å². The lowest BCUT2D eigenvalue weighted by atomic mass is 9.95. The molecular weight excluding hydrogens is 432 g/mol. The Morgan fingerprint density at radius 1 is 1.09 bits per heavy atom. The molecule has 0 saturated heterocycles. The number of thioether (sulfide) groups is 1. The lowest BCUT2D eigenvalue weighted by molar-refractivity contribution is -0.125. The highest BCUT2D eigenvalue weighted by Gasteiger charge is 2.43. The Hall–Kier alpha value is -2.93. The van der Waals surface area contributed by atoms with Crippen LogP contribution in [0.3, 0.4) is 0 Å². The molecule has 6 nitrogen and oxygen atoms in total. The predicted octanol–water partition coefficient (Wildman–Crippen LogP) is 4.98. The van der Waals surface area contributed by atoms with Crippen molar-refractivity contribution in [1.82, 2.24) is 10.2 Å². The highest BCUT2D eigenvalue weighted by atomic mass is 32.2. The minimum absolute atomic E-state index is 0.0284. The molecule has 2 unspecified atom stereocenters. The first-order chi connectivity index (χ1) is 16.2. The van der Waals surface area contributed by atoms with Crippen molar-refractivity contribution in [2.45, 2.75) is 62.8 Å². The molecule has 2 aromatic carbocycles. The van der Waals surface area contributed by atoms with E-state index in [0.717, 1.165) is 29.7 Å². The van der Waals surface area contributed by atoms with Gasteiger partial charge in [-0.1, -0.05) is 80.4 Å². The first kappa shape index (κ1) is 21.9. The van der Waals surface area contributed by atoms with E-state index < -0.39 is 6.04 Å². The molecule has 0 radical (unpaired) electrons. The number of para-hydroxylation sites is 1. The number of carbonyl (C=O) groups excluding carboxylic acids is 2. The molecular formula is C26H28N4O2S. The van der Waals surface area contributed by atoms with Crippen LogP contribution in [0.5, 0.6) is 0 Å². The SMILES string of the molecule is CCC(SC1=Nc2ccccc2C2=NC(c3ccccc3)C(=O)N12)C(=O)NC1CCCCC1. The number of fused-ring (bicyclic) bond motifs is 3. The molecule has 2 aromatic rings. The van der Waals surface area contributed by atoms with E-state index in [4.69, 9.17) is 9.98 Å². The van der Waals surface area contributed by atoms with E-state index in [2.05, 4.69) is 5.32 Å². The zero-order valence-corrected chi connectivity index (χ0v) is 19.6. The van der Waals surface area contributed by atoms with Gasteiger partial charge in [0.1, 0.15) is 5.84 Å². The van der Waals surface area contributed by atoms with Crippen LogP contribution in [0.1, 0.15) is 62.6 Å². The van der Waals surface area contributed by atoms with E-state index in [1.807, 2.05) is 61.5 Å². The second kappa shape index (κ2) is 9.51.